The number of hydrogen-bond acceptors (Lipinski definition) is 6. The van der Waals surface area contributed by atoms with Crippen LogP contribution in [0.25, 0.3) is 21.9 Å². The second-order valence-electron chi connectivity index (χ2n) is 6.78. The molecule has 4 N–H and O–H groups in total. The van der Waals surface area contributed by atoms with E-state index in [0.717, 1.165) is 27.9 Å². The summed E-state index contributed by atoms with van der Waals surface area (Å²) >= 11 is 0. The summed E-state index contributed by atoms with van der Waals surface area (Å²) in [5.74, 6) is -0.829. The fourth-order valence-electron chi connectivity index (χ4n) is 3.19. The summed E-state index contributed by atoms with van der Waals surface area (Å²) in [6.07, 6.45) is 2.03. The second kappa shape index (κ2) is 6.82. The van der Waals surface area contributed by atoms with Crippen molar-refractivity contribution in [3.8, 4) is 16.9 Å². The number of rotatable bonds is 4. The molecule has 30 heavy (non-hydrogen) atoms. The van der Waals surface area contributed by atoms with Crippen molar-refractivity contribution in [2.75, 3.05) is 15.3 Å². The first-order chi connectivity index (χ1) is 14.0. The van der Waals surface area contributed by atoms with Crippen LogP contribution >= 0.6 is 0 Å². The smallest absolute Gasteiger partial charge is 0.330 e. The molecule has 0 amide bonds. The zero-order valence-corrected chi connectivity index (χ0v) is 17.2. The number of aliphatic hydroxyl groups excluding tert-OH is 1. The summed E-state index contributed by atoms with van der Waals surface area (Å²) in [5, 5.41) is 21.1. The van der Waals surface area contributed by atoms with Gasteiger partial charge in [0.15, 0.2) is 0 Å². The maximum Gasteiger partial charge on any atom is 0.330 e. The van der Waals surface area contributed by atoms with Crippen LogP contribution in [-0.2, 0) is 20.2 Å². The number of anilines is 2. The van der Waals surface area contributed by atoms with E-state index in [-0.39, 0.29) is 11.4 Å². The van der Waals surface area contributed by atoms with Crippen LogP contribution in [0.1, 0.15) is 0 Å². The lowest BCUT2D eigenvalue weighted by Gasteiger charge is -2.16. The van der Waals surface area contributed by atoms with Gasteiger partial charge in [0.1, 0.15) is 11.4 Å². The number of fused-ring (bicyclic) bond motifs is 1. The number of aromatic hydroxyl groups is 1. The molecule has 4 rings (SSSR count). The van der Waals surface area contributed by atoms with E-state index in [1.54, 1.807) is 36.4 Å². The minimum Gasteiger partial charge on any atom is -0.506 e. The maximum atomic E-state index is 12.1. The molecule has 0 aliphatic carbocycles. The third-order valence-corrected chi connectivity index (χ3v) is 6.30. The number of benzene rings is 3. The van der Waals surface area contributed by atoms with Crippen molar-refractivity contribution < 1.29 is 27.0 Å². The largest absolute Gasteiger partial charge is 0.506 e. The molecule has 3 aromatic carbocycles. The summed E-state index contributed by atoms with van der Waals surface area (Å²) in [5.41, 5.74) is 1.89. The van der Waals surface area contributed by atoms with Gasteiger partial charge in [-0.3, -0.25) is 4.72 Å². The van der Waals surface area contributed by atoms with E-state index in [2.05, 4.69) is 4.72 Å². The number of hydrogen-bond donors (Lipinski definition) is 4. The Kier molecular flexibility index (Phi) is 4.51. The van der Waals surface area contributed by atoms with Crippen LogP contribution in [0.15, 0.2) is 66.7 Å². The average molecular weight is 447 g/mol. The predicted molar refractivity (Wildman–Crippen MR) is 115 cm³/mol. The Labute approximate surface area is 173 Å². The zero-order valence-electron chi connectivity index (χ0n) is 15.6. The van der Waals surface area contributed by atoms with Crippen LogP contribution in [-0.4, -0.2) is 33.3 Å². The molecule has 0 spiro atoms. The van der Waals surface area contributed by atoms with E-state index in [9.17, 15) is 27.0 Å². The van der Waals surface area contributed by atoms with E-state index in [4.69, 9.17) is 0 Å². The molecule has 0 saturated carbocycles. The third kappa shape index (κ3) is 3.84. The van der Waals surface area contributed by atoms with Gasteiger partial charge in [-0.05, 0) is 52.2 Å². The highest BCUT2D eigenvalue weighted by molar-refractivity contribution is 7.92. The second-order valence-corrected chi connectivity index (χ2v) is 10.1. The Morgan fingerprint density at radius 1 is 0.967 bits per heavy atom. The van der Waals surface area contributed by atoms with Crippen LogP contribution in [0, 0.1) is 0 Å². The van der Waals surface area contributed by atoms with E-state index in [1.165, 1.54) is 12.1 Å². The first-order valence-corrected chi connectivity index (χ1v) is 11.9. The van der Waals surface area contributed by atoms with Crippen molar-refractivity contribution in [1.29, 1.82) is 0 Å². The van der Waals surface area contributed by atoms with Crippen molar-refractivity contribution >= 4 is 42.4 Å². The van der Waals surface area contributed by atoms with Crippen molar-refractivity contribution in [2.24, 2.45) is 0 Å². The molecule has 9 nitrogen and oxygen atoms in total. The normalized spacial score (nSPS) is 15.6. The van der Waals surface area contributed by atoms with Crippen LogP contribution in [0.2, 0.25) is 0 Å². The molecule has 0 radical (unpaired) electrons. The van der Waals surface area contributed by atoms with Gasteiger partial charge in [0.05, 0.1) is 12.5 Å². The van der Waals surface area contributed by atoms with E-state index in [0.29, 0.717) is 16.5 Å². The molecule has 0 bridgehead atoms. The molecule has 11 heteroatoms. The fraction of sp³-hybridized carbons (Fsp3) is 0.0526. The quantitative estimate of drug-likeness (QED) is 0.485. The summed E-state index contributed by atoms with van der Waals surface area (Å²) in [6.45, 7) is 0. The number of phenols is 1. The molecule has 1 aliphatic rings. The summed E-state index contributed by atoms with van der Waals surface area (Å²) in [4.78, 5) is 0. The molecule has 1 heterocycles. The van der Waals surface area contributed by atoms with Gasteiger partial charge in [0, 0.05) is 5.69 Å². The first kappa shape index (κ1) is 19.9. The Morgan fingerprint density at radius 3 is 2.37 bits per heavy atom. The van der Waals surface area contributed by atoms with E-state index < -0.39 is 26.1 Å². The Morgan fingerprint density at radius 2 is 1.70 bits per heavy atom. The number of nitrogens with one attached hydrogen (secondary N) is 2. The molecule has 156 valence electrons. The fourth-order valence-corrected chi connectivity index (χ4v) is 4.81. The lowest BCUT2D eigenvalue weighted by molar-refractivity contribution is 0.392. The first-order valence-electron chi connectivity index (χ1n) is 8.60. The Hall–Kier alpha value is -3.44. The average Bonchev–Trinajstić information content (AvgIpc) is 2.91. The Balaban J connectivity index is 1.80. The molecule has 1 aliphatic heterocycles. The third-order valence-electron chi connectivity index (χ3n) is 4.40. The van der Waals surface area contributed by atoms with Crippen molar-refractivity contribution in [3.05, 3.63) is 66.7 Å². The number of aliphatic hydroxyl groups is 1. The minimum atomic E-state index is -4.05. The van der Waals surface area contributed by atoms with Crippen molar-refractivity contribution in [1.82, 2.24) is 4.72 Å². The molecular weight excluding hydrogens is 430 g/mol. The van der Waals surface area contributed by atoms with Crippen LogP contribution < -0.4 is 13.7 Å². The SMILES string of the molecule is CS(=O)(=O)Nc1cccc(-c2ccc3cc(O)c(N4C=C(O)NS4(=O)=O)cc3c2)c1. The summed E-state index contributed by atoms with van der Waals surface area (Å²) < 4.78 is 52.3. The topological polar surface area (TPSA) is 136 Å². The van der Waals surface area contributed by atoms with Crippen LogP contribution in [0.3, 0.4) is 0 Å². The Bertz CT molecular complexity index is 1420. The maximum absolute atomic E-state index is 12.1. The van der Waals surface area contributed by atoms with Crippen LogP contribution in [0.5, 0.6) is 5.75 Å². The molecule has 0 atom stereocenters. The van der Waals surface area contributed by atoms with Gasteiger partial charge in [0.25, 0.3) is 0 Å². The number of sulfonamides is 1. The van der Waals surface area contributed by atoms with Gasteiger partial charge >= 0.3 is 10.2 Å². The minimum absolute atomic E-state index is 0.0244. The lowest BCUT2D eigenvalue weighted by atomic mass is 10.0. The molecule has 0 saturated heterocycles. The van der Waals surface area contributed by atoms with E-state index in [1.807, 2.05) is 10.8 Å². The van der Waals surface area contributed by atoms with Gasteiger partial charge in [-0.25, -0.2) is 17.4 Å². The number of phenolic OH excluding ortho intramolecular Hbond substituents is 1. The van der Waals surface area contributed by atoms with Crippen molar-refractivity contribution in [3.63, 3.8) is 0 Å². The highest BCUT2D eigenvalue weighted by Crippen LogP contribution is 2.37. The molecular formula is C19H17N3O6S2. The highest BCUT2D eigenvalue weighted by atomic mass is 32.2. The highest BCUT2D eigenvalue weighted by Gasteiger charge is 2.30. The predicted octanol–water partition coefficient (Wildman–Crippen LogP) is 2.60. The molecule has 3 aromatic rings. The molecule has 0 fully saturated rings. The summed E-state index contributed by atoms with van der Waals surface area (Å²) in [7, 11) is -7.47. The van der Waals surface area contributed by atoms with Gasteiger partial charge in [0.2, 0.25) is 15.9 Å². The number of nitrogens with zero attached hydrogens (tertiary/aromatic N) is 1. The van der Waals surface area contributed by atoms with Gasteiger partial charge in [-0.2, -0.15) is 8.42 Å². The van der Waals surface area contributed by atoms with Gasteiger partial charge in [-0.15, -0.1) is 0 Å². The van der Waals surface area contributed by atoms with Crippen molar-refractivity contribution in [2.45, 2.75) is 0 Å². The lowest BCUT2D eigenvalue weighted by Crippen LogP contribution is -2.29. The van der Waals surface area contributed by atoms with E-state index >= 15 is 0 Å². The van der Waals surface area contributed by atoms with Crippen LogP contribution in [0.4, 0.5) is 11.4 Å². The standard InChI is InChI=1S/C19H17N3O6S2/c1-29(25,26)20-16-4-2-3-12(8-16)13-5-6-14-10-18(23)17(9-15(14)7-13)22-11-19(24)21-30(22,27)28/h2-11,20-21,23-24H,1H3. The molecule has 0 unspecified atom stereocenters. The monoisotopic (exact) mass is 447 g/mol. The zero-order chi connectivity index (χ0) is 21.7. The van der Waals surface area contributed by atoms with Gasteiger partial charge in [-0.1, -0.05) is 24.3 Å². The summed E-state index contributed by atoms with van der Waals surface area (Å²) in [6, 6.07) is 15.1. The molecule has 0 aromatic heterocycles. The van der Waals surface area contributed by atoms with Gasteiger partial charge < -0.3 is 10.2 Å².